The van der Waals surface area contributed by atoms with Crippen molar-refractivity contribution in [1.29, 1.82) is 0 Å². The Morgan fingerprint density at radius 3 is 2.94 bits per heavy atom. The molecule has 0 aliphatic carbocycles. The van der Waals surface area contributed by atoms with E-state index >= 15 is 0 Å². The zero-order chi connectivity index (χ0) is 12.7. The van der Waals surface area contributed by atoms with Crippen molar-refractivity contribution >= 4 is 5.97 Å². The molecule has 1 heterocycles. The van der Waals surface area contributed by atoms with E-state index in [0.29, 0.717) is 13.0 Å². The summed E-state index contributed by atoms with van der Waals surface area (Å²) in [5, 5.41) is 0. The topological polar surface area (TPSA) is 44.8 Å². The van der Waals surface area contributed by atoms with Crippen LogP contribution in [0.25, 0.3) is 0 Å². The second kappa shape index (κ2) is 6.30. The molecule has 0 spiro atoms. The van der Waals surface area contributed by atoms with Gasteiger partial charge in [-0.05, 0) is 25.7 Å². The Morgan fingerprint density at radius 1 is 1.59 bits per heavy atom. The summed E-state index contributed by atoms with van der Waals surface area (Å²) < 4.78 is 15.9. The first-order chi connectivity index (χ1) is 8.03. The highest BCUT2D eigenvalue weighted by atomic mass is 16.7. The first-order valence-corrected chi connectivity index (χ1v) is 5.44. The third kappa shape index (κ3) is 5.40. The Hall–Kier alpha value is -1.49. The Labute approximate surface area is 102 Å². The number of carbonyl (C=O) groups is 1. The van der Waals surface area contributed by atoms with E-state index in [1.165, 1.54) is 0 Å². The second-order valence-electron chi connectivity index (χ2n) is 4.08. The van der Waals surface area contributed by atoms with Crippen LogP contribution in [0.5, 0.6) is 0 Å². The van der Waals surface area contributed by atoms with E-state index in [1.807, 2.05) is 13.8 Å². The molecule has 0 N–H and O–H groups in total. The van der Waals surface area contributed by atoms with Gasteiger partial charge in [0.25, 0.3) is 0 Å². The number of ether oxygens (including phenoxy) is 3. The fraction of sp³-hybridized carbons (Fsp3) is 0.615. The molecule has 1 fully saturated rings. The Kier molecular flexibility index (Phi) is 5.03. The zero-order valence-corrected chi connectivity index (χ0v) is 10.1. The van der Waals surface area contributed by atoms with Gasteiger partial charge in [0.15, 0.2) is 5.79 Å². The Bertz CT molecular complexity index is 367. The molecule has 0 aromatic carbocycles. The largest absolute Gasteiger partial charge is 0.463 e. The first kappa shape index (κ1) is 13.6. The normalized spacial score (nSPS) is 21.1. The van der Waals surface area contributed by atoms with Gasteiger partial charge in [-0.1, -0.05) is 5.92 Å². The van der Waals surface area contributed by atoms with E-state index in [2.05, 4.69) is 17.8 Å². The Morgan fingerprint density at radius 2 is 2.35 bits per heavy atom. The molecule has 0 unspecified atom stereocenters. The van der Waals surface area contributed by atoms with Crippen LogP contribution in [0.3, 0.4) is 0 Å². The van der Waals surface area contributed by atoms with Gasteiger partial charge < -0.3 is 14.2 Å². The molecule has 17 heavy (non-hydrogen) atoms. The molecule has 1 atom stereocenters. The molecule has 92 valence electrons. The summed E-state index contributed by atoms with van der Waals surface area (Å²) in [6.45, 7) is 4.30. The van der Waals surface area contributed by atoms with Gasteiger partial charge in [-0.3, -0.25) is 4.79 Å². The van der Waals surface area contributed by atoms with Crippen LogP contribution in [0, 0.1) is 24.2 Å². The predicted octanol–water partition coefficient (Wildman–Crippen LogP) is 1.10. The van der Waals surface area contributed by atoms with Crippen molar-refractivity contribution in [3.63, 3.8) is 0 Å². The molecule has 1 rings (SSSR count). The molecular formula is C13H16O4. The quantitative estimate of drug-likeness (QED) is 0.541. The predicted molar refractivity (Wildman–Crippen MR) is 61.7 cm³/mol. The molecule has 1 aliphatic rings. The highest BCUT2D eigenvalue weighted by molar-refractivity contribution is 5.69. The molecule has 0 bridgehead atoms. The zero-order valence-electron chi connectivity index (χ0n) is 10.1. The van der Waals surface area contributed by atoms with Crippen LogP contribution in [0.2, 0.25) is 0 Å². The van der Waals surface area contributed by atoms with Gasteiger partial charge in [-0.15, -0.1) is 6.42 Å². The van der Waals surface area contributed by atoms with Crippen LogP contribution in [-0.4, -0.2) is 31.1 Å². The average molecular weight is 236 g/mol. The third-order valence-electron chi connectivity index (χ3n) is 2.11. The first-order valence-electron chi connectivity index (χ1n) is 5.44. The van der Waals surface area contributed by atoms with Crippen LogP contribution in [0.4, 0.5) is 0 Å². The maximum absolute atomic E-state index is 11.3. The molecule has 0 aromatic heterocycles. The van der Waals surface area contributed by atoms with Gasteiger partial charge in [-0.25, -0.2) is 0 Å². The standard InChI is InChI=1S/C13H16O4/c1-4-5-6-7-8-12(14)15-9-11-10-16-13(2,3)17-11/h1,11H,7-10H2,2-3H3/t11-/m0/s1. The fourth-order valence-corrected chi connectivity index (χ4v) is 1.38. The molecule has 1 aliphatic heterocycles. The summed E-state index contributed by atoms with van der Waals surface area (Å²) in [6, 6.07) is 0. The number of terminal acetylenes is 1. The summed E-state index contributed by atoms with van der Waals surface area (Å²) in [4.78, 5) is 11.3. The van der Waals surface area contributed by atoms with Gasteiger partial charge in [-0.2, -0.15) is 0 Å². The molecular weight excluding hydrogens is 220 g/mol. The minimum Gasteiger partial charge on any atom is -0.463 e. The van der Waals surface area contributed by atoms with Crippen molar-refractivity contribution < 1.29 is 19.0 Å². The molecule has 0 saturated carbocycles. The average Bonchev–Trinajstić information content (AvgIpc) is 2.62. The van der Waals surface area contributed by atoms with E-state index < -0.39 is 5.79 Å². The summed E-state index contributed by atoms with van der Waals surface area (Å²) in [7, 11) is 0. The minimum atomic E-state index is -0.588. The van der Waals surface area contributed by atoms with Crippen molar-refractivity contribution in [2.75, 3.05) is 13.2 Å². The lowest BCUT2D eigenvalue weighted by atomic mass is 10.3. The number of esters is 1. The summed E-state index contributed by atoms with van der Waals surface area (Å²) in [6.07, 6.45) is 5.41. The Balaban J connectivity index is 2.15. The summed E-state index contributed by atoms with van der Waals surface area (Å²) in [5.41, 5.74) is 0. The van der Waals surface area contributed by atoms with Crippen molar-refractivity contribution in [2.45, 2.75) is 38.6 Å². The maximum Gasteiger partial charge on any atom is 0.306 e. The van der Waals surface area contributed by atoms with Gasteiger partial charge in [0.2, 0.25) is 0 Å². The van der Waals surface area contributed by atoms with E-state index in [1.54, 1.807) is 0 Å². The van der Waals surface area contributed by atoms with Crippen molar-refractivity contribution in [2.24, 2.45) is 0 Å². The molecule has 0 radical (unpaired) electrons. The summed E-state index contributed by atoms with van der Waals surface area (Å²) >= 11 is 0. The molecule has 4 heteroatoms. The van der Waals surface area contributed by atoms with Crippen LogP contribution in [0.1, 0.15) is 26.7 Å². The van der Waals surface area contributed by atoms with E-state index in [0.717, 1.165) is 0 Å². The smallest absolute Gasteiger partial charge is 0.306 e. The van der Waals surface area contributed by atoms with E-state index in [9.17, 15) is 4.79 Å². The van der Waals surface area contributed by atoms with Gasteiger partial charge in [0, 0.05) is 6.42 Å². The number of hydrogen-bond donors (Lipinski definition) is 0. The van der Waals surface area contributed by atoms with Crippen LogP contribution < -0.4 is 0 Å². The number of rotatable bonds is 4. The van der Waals surface area contributed by atoms with Gasteiger partial charge >= 0.3 is 5.97 Å². The van der Waals surface area contributed by atoms with Crippen molar-refractivity contribution in [1.82, 2.24) is 0 Å². The number of hydrogen-bond acceptors (Lipinski definition) is 4. The molecule has 0 aromatic rings. The van der Waals surface area contributed by atoms with Crippen LogP contribution >= 0.6 is 0 Å². The summed E-state index contributed by atoms with van der Waals surface area (Å²) in [5.74, 6) is 6.39. The van der Waals surface area contributed by atoms with E-state index in [-0.39, 0.29) is 25.1 Å². The van der Waals surface area contributed by atoms with Crippen molar-refractivity contribution in [3.8, 4) is 24.2 Å². The molecule has 0 amide bonds. The monoisotopic (exact) mass is 236 g/mol. The highest BCUT2D eigenvalue weighted by Gasteiger charge is 2.33. The number of carbonyl (C=O) groups excluding carboxylic acids is 1. The highest BCUT2D eigenvalue weighted by Crippen LogP contribution is 2.22. The lowest BCUT2D eigenvalue weighted by Gasteiger charge is -2.16. The lowest BCUT2D eigenvalue weighted by molar-refractivity contribution is -0.158. The molecule has 1 saturated heterocycles. The van der Waals surface area contributed by atoms with Crippen LogP contribution in [-0.2, 0) is 19.0 Å². The second-order valence-corrected chi connectivity index (χ2v) is 4.08. The fourth-order valence-electron chi connectivity index (χ4n) is 1.38. The van der Waals surface area contributed by atoms with E-state index in [4.69, 9.17) is 20.6 Å². The third-order valence-corrected chi connectivity index (χ3v) is 2.11. The van der Waals surface area contributed by atoms with Crippen molar-refractivity contribution in [3.05, 3.63) is 0 Å². The SMILES string of the molecule is C#CC#CCCC(=O)OC[C@H]1COC(C)(C)O1. The lowest BCUT2D eigenvalue weighted by Crippen LogP contribution is -2.25. The van der Waals surface area contributed by atoms with Crippen LogP contribution in [0.15, 0.2) is 0 Å². The van der Waals surface area contributed by atoms with Gasteiger partial charge in [0.05, 0.1) is 13.0 Å². The minimum absolute atomic E-state index is 0.189. The molecule has 4 nitrogen and oxygen atoms in total. The van der Waals surface area contributed by atoms with Gasteiger partial charge in [0.1, 0.15) is 12.7 Å². The maximum atomic E-state index is 11.3.